The van der Waals surface area contributed by atoms with Crippen LogP contribution >= 0.6 is 11.6 Å². The van der Waals surface area contributed by atoms with Gasteiger partial charge in [-0.25, -0.2) is 9.37 Å². The normalized spacial score (nSPS) is 13.1. The van der Waals surface area contributed by atoms with Gasteiger partial charge in [-0.3, -0.25) is 0 Å². The minimum absolute atomic E-state index is 0.151. The second-order valence-electron chi connectivity index (χ2n) is 7.46. The maximum absolute atomic E-state index is 14.0. The summed E-state index contributed by atoms with van der Waals surface area (Å²) in [6.07, 6.45) is 1.61. The van der Waals surface area contributed by atoms with Crippen molar-refractivity contribution in [3.05, 3.63) is 29.8 Å². The molecule has 1 aromatic heterocycles. The van der Waals surface area contributed by atoms with E-state index in [0.29, 0.717) is 17.8 Å². The Labute approximate surface area is 131 Å². The van der Waals surface area contributed by atoms with Gasteiger partial charge in [-0.2, -0.15) is 0 Å². The van der Waals surface area contributed by atoms with Crippen molar-refractivity contribution in [1.82, 2.24) is 9.55 Å². The fourth-order valence-corrected chi connectivity index (χ4v) is 3.59. The molecule has 1 heterocycles. The van der Waals surface area contributed by atoms with E-state index in [2.05, 4.69) is 44.2 Å². The Morgan fingerprint density at radius 2 is 1.86 bits per heavy atom. The van der Waals surface area contributed by atoms with Crippen molar-refractivity contribution in [1.29, 1.82) is 0 Å². The Kier molecular flexibility index (Phi) is 4.34. The number of alkyl halides is 1. The summed E-state index contributed by atoms with van der Waals surface area (Å²) in [4.78, 5) is 4.50. The highest BCUT2D eigenvalue weighted by atomic mass is 35.5. The lowest BCUT2D eigenvalue weighted by Crippen LogP contribution is -2.32. The van der Waals surface area contributed by atoms with Gasteiger partial charge in [0.15, 0.2) is 5.82 Å². The van der Waals surface area contributed by atoms with E-state index in [1.807, 2.05) is 6.07 Å². The first-order valence-corrected chi connectivity index (χ1v) is 7.91. The number of hydrogen-bond acceptors (Lipinski definition) is 1. The largest absolute Gasteiger partial charge is 0.322 e. The van der Waals surface area contributed by atoms with Gasteiger partial charge < -0.3 is 4.57 Å². The van der Waals surface area contributed by atoms with Crippen LogP contribution in [0.3, 0.4) is 0 Å². The summed E-state index contributed by atoms with van der Waals surface area (Å²) in [7, 11) is 0. The molecule has 0 aliphatic heterocycles. The SMILES string of the molecule is CC(C)(C)CC(C)(C)n1c(CCCl)nc2c(F)cccc21. The number of para-hydroxylation sites is 1. The summed E-state index contributed by atoms with van der Waals surface area (Å²) in [5.41, 5.74) is 1.32. The number of imidazole rings is 1. The Morgan fingerprint density at radius 1 is 1.19 bits per heavy atom. The van der Waals surface area contributed by atoms with E-state index in [1.54, 1.807) is 6.07 Å². The molecule has 21 heavy (non-hydrogen) atoms. The van der Waals surface area contributed by atoms with Gasteiger partial charge in [-0.05, 0) is 37.8 Å². The molecule has 4 heteroatoms. The molecule has 0 atom stereocenters. The zero-order chi connectivity index (χ0) is 15.8. The molecule has 0 amide bonds. The summed E-state index contributed by atoms with van der Waals surface area (Å²) >= 11 is 5.91. The number of aromatic nitrogens is 2. The van der Waals surface area contributed by atoms with E-state index in [1.165, 1.54) is 6.07 Å². The van der Waals surface area contributed by atoms with E-state index in [4.69, 9.17) is 11.6 Å². The second kappa shape index (κ2) is 5.60. The maximum atomic E-state index is 14.0. The van der Waals surface area contributed by atoms with Gasteiger partial charge in [0.1, 0.15) is 11.3 Å². The Hall–Kier alpha value is -1.09. The molecule has 0 saturated heterocycles. The van der Waals surface area contributed by atoms with E-state index in [9.17, 15) is 4.39 Å². The van der Waals surface area contributed by atoms with Gasteiger partial charge in [-0.1, -0.05) is 26.8 Å². The minimum Gasteiger partial charge on any atom is -0.322 e. The molecule has 1 aromatic carbocycles. The molecule has 0 spiro atoms. The highest BCUT2D eigenvalue weighted by molar-refractivity contribution is 6.17. The molecule has 2 nitrogen and oxygen atoms in total. The molecule has 2 rings (SSSR count). The number of rotatable bonds is 4. The number of benzene rings is 1. The number of hydrogen-bond donors (Lipinski definition) is 0. The summed E-state index contributed by atoms with van der Waals surface area (Å²) in [5.74, 6) is 1.07. The molecule has 0 aliphatic rings. The lowest BCUT2D eigenvalue weighted by molar-refractivity contribution is 0.215. The predicted molar refractivity (Wildman–Crippen MR) is 87.5 cm³/mol. The predicted octanol–water partition coefficient (Wildman–Crippen LogP) is 5.13. The lowest BCUT2D eigenvalue weighted by atomic mass is 9.81. The van der Waals surface area contributed by atoms with E-state index < -0.39 is 0 Å². The van der Waals surface area contributed by atoms with Gasteiger partial charge >= 0.3 is 0 Å². The first-order valence-electron chi connectivity index (χ1n) is 7.38. The Bertz CT molecular complexity index is 638. The quantitative estimate of drug-likeness (QED) is 0.716. The van der Waals surface area contributed by atoms with Crippen LogP contribution in [-0.2, 0) is 12.0 Å². The Morgan fingerprint density at radius 3 is 2.43 bits per heavy atom. The van der Waals surface area contributed by atoms with Crippen molar-refractivity contribution in [2.75, 3.05) is 5.88 Å². The molecule has 0 radical (unpaired) electrons. The van der Waals surface area contributed by atoms with Crippen LogP contribution in [0.5, 0.6) is 0 Å². The van der Waals surface area contributed by atoms with Crippen LogP contribution in [0.4, 0.5) is 4.39 Å². The highest BCUT2D eigenvalue weighted by Gasteiger charge is 2.31. The van der Waals surface area contributed by atoms with Crippen LogP contribution in [0.25, 0.3) is 11.0 Å². The number of halogens is 2. The summed E-state index contributed by atoms with van der Waals surface area (Å²) in [6, 6.07) is 5.14. The minimum atomic E-state index is -0.270. The van der Waals surface area contributed by atoms with Crippen molar-refractivity contribution in [3.63, 3.8) is 0 Å². The van der Waals surface area contributed by atoms with Crippen LogP contribution in [-0.4, -0.2) is 15.4 Å². The fourth-order valence-electron chi connectivity index (χ4n) is 3.42. The highest BCUT2D eigenvalue weighted by Crippen LogP contribution is 2.36. The molecule has 116 valence electrons. The van der Waals surface area contributed by atoms with Gasteiger partial charge in [0.2, 0.25) is 0 Å². The van der Waals surface area contributed by atoms with Crippen LogP contribution in [0.15, 0.2) is 18.2 Å². The molecular weight excluding hydrogens is 287 g/mol. The first-order chi connectivity index (χ1) is 9.65. The van der Waals surface area contributed by atoms with Crippen molar-refractivity contribution in [3.8, 4) is 0 Å². The van der Waals surface area contributed by atoms with Crippen molar-refractivity contribution < 1.29 is 4.39 Å². The van der Waals surface area contributed by atoms with E-state index in [0.717, 1.165) is 17.8 Å². The van der Waals surface area contributed by atoms with Gasteiger partial charge in [-0.15, -0.1) is 11.6 Å². The van der Waals surface area contributed by atoms with E-state index in [-0.39, 0.29) is 16.8 Å². The molecule has 0 bridgehead atoms. The third-order valence-electron chi connectivity index (χ3n) is 3.59. The average Bonchev–Trinajstić information content (AvgIpc) is 2.66. The van der Waals surface area contributed by atoms with Crippen molar-refractivity contribution >= 4 is 22.6 Å². The second-order valence-corrected chi connectivity index (χ2v) is 7.84. The zero-order valence-electron chi connectivity index (χ0n) is 13.5. The van der Waals surface area contributed by atoms with Crippen molar-refractivity contribution in [2.24, 2.45) is 5.41 Å². The Balaban J connectivity index is 2.65. The first kappa shape index (κ1) is 16.3. The zero-order valence-corrected chi connectivity index (χ0v) is 14.3. The number of aryl methyl sites for hydroxylation is 1. The molecule has 0 N–H and O–H groups in total. The molecular formula is C17H24ClFN2. The summed E-state index contributed by atoms with van der Waals surface area (Å²) < 4.78 is 16.2. The molecule has 0 fully saturated rings. The van der Waals surface area contributed by atoms with Crippen LogP contribution in [0.2, 0.25) is 0 Å². The van der Waals surface area contributed by atoms with Crippen LogP contribution in [0.1, 0.15) is 46.9 Å². The van der Waals surface area contributed by atoms with Crippen LogP contribution < -0.4 is 0 Å². The van der Waals surface area contributed by atoms with E-state index >= 15 is 0 Å². The number of fused-ring (bicyclic) bond motifs is 1. The third-order valence-corrected chi connectivity index (χ3v) is 3.78. The molecule has 2 aromatic rings. The van der Waals surface area contributed by atoms with Gasteiger partial charge in [0.05, 0.1) is 5.52 Å². The van der Waals surface area contributed by atoms with Gasteiger partial charge in [0, 0.05) is 17.8 Å². The monoisotopic (exact) mass is 310 g/mol. The smallest absolute Gasteiger partial charge is 0.151 e. The molecule has 0 unspecified atom stereocenters. The van der Waals surface area contributed by atoms with Gasteiger partial charge in [0.25, 0.3) is 0 Å². The maximum Gasteiger partial charge on any atom is 0.151 e. The standard InChI is InChI=1S/C17H24ClFN2/c1-16(2,3)11-17(4,5)21-13-8-6-7-12(19)15(13)20-14(21)9-10-18/h6-8H,9-11H2,1-5H3. The summed E-state index contributed by atoms with van der Waals surface area (Å²) in [5, 5.41) is 0. The van der Waals surface area contributed by atoms with Crippen LogP contribution in [0, 0.1) is 11.2 Å². The topological polar surface area (TPSA) is 17.8 Å². The third kappa shape index (κ3) is 3.39. The lowest BCUT2D eigenvalue weighted by Gasteiger charge is -2.35. The molecule has 0 saturated carbocycles. The average molecular weight is 311 g/mol. The van der Waals surface area contributed by atoms with Crippen molar-refractivity contribution in [2.45, 2.75) is 53.0 Å². The molecule has 0 aliphatic carbocycles. The number of nitrogens with zero attached hydrogens (tertiary/aromatic N) is 2. The fraction of sp³-hybridized carbons (Fsp3) is 0.588. The summed E-state index contributed by atoms with van der Waals surface area (Å²) in [6.45, 7) is 11.0.